The lowest BCUT2D eigenvalue weighted by molar-refractivity contribution is -0.140. The van der Waals surface area contributed by atoms with Crippen LogP contribution in [0.2, 0.25) is 5.02 Å². The van der Waals surface area contributed by atoms with Crippen LogP contribution in [0.15, 0.2) is 48.5 Å². The molecule has 0 aromatic heterocycles. The first-order chi connectivity index (χ1) is 14.3. The van der Waals surface area contributed by atoms with Crippen molar-refractivity contribution in [3.8, 4) is 11.5 Å². The summed E-state index contributed by atoms with van der Waals surface area (Å²) in [5, 5.41) is 0.415. The Hall–Kier alpha value is -2.25. The van der Waals surface area contributed by atoms with Crippen LogP contribution in [0.3, 0.4) is 0 Å². The number of nitrogens with zero attached hydrogens (tertiary/aromatic N) is 1. The third-order valence-corrected chi connectivity index (χ3v) is 7.07. The van der Waals surface area contributed by atoms with Crippen LogP contribution in [0.1, 0.15) is 25.8 Å². The Balaban J connectivity index is 1.79. The Morgan fingerprint density at radius 1 is 1.20 bits per heavy atom. The summed E-state index contributed by atoms with van der Waals surface area (Å²) in [6.45, 7) is 4.43. The zero-order valence-electron chi connectivity index (χ0n) is 17.1. The molecule has 8 heteroatoms. The Morgan fingerprint density at radius 3 is 2.50 bits per heavy atom. The fourth-order valence-corrected chi connectivity index (χ4v) is 5.39. The molecular formula is C22H26ClNO5S. The summed E-state index contributed by atoms with van der Waals surface area (Å²) in [5.41, 5.74) is 0.890. The van der Waals surface area contributed by atoms with Crippen LogP contribution >= 0.6 is 11.6 Å². The van der Waals surface area contributed by atoms with Gasteiger partial charge in [0.1, 0.15) is 11.5 Å². The van der Waals surface area contributed by atoms with Gasteiger partial charge < -0.3 is 14.4 Å². The first kappa shape index (κ1) is 22.4. The highest BCUT2D eigenvalue weighted by atomic mass is 35.5. The third-order valence-electron chi connectivity index (χ3n) is 5.01. The fraction of sp³-hybridized carbons (Fsp3) is 0.409. The second-order valence-electron chi connectivity index (χ2n) is 7.29. The molecule has 0 radical (unpaired) electrons. The predicted octanol–water partition coefficient (Wildman–Crippen LogP) is 3.72. The standard InChI is InChI=1S/C22H26ClNO5S/c1-3-28-19-10-8-17(9-11-19)14-24(18-12-13-30(26,27)15-18)22(25)16(2)29-21-7-5-4-6-20(21)23/h4-11,16,18H,3,12-15H2,1-2H3. The van der Waals surface area contributed by atoms with E-state index in [4.69, 9.17) is 21.1 Å². The molecule has 1 aliphatic rings. The van der Waals surface area contributed by atoms with Gasteiger partial charge in [0.2, 0.25) is 0 Å². The molecule has 1 saturated heterocycles. The number of halogens is 1. The van der Waals surface area contributed by atoms with Crippen molar-refractivity contribution in [3.63, 3.8) is 0 Å². The average Bonchev–Trinajstić information content (AvgIpc) is 3.08. The number of benzene rings is 2. The van der Waals surface area contributed by atoms with E-state index < -0.39 is 15.9 Å². The van der Waals surface area contributed by atoms with Crippen LogP contribution < -0.4 is 9.47 Å². The highest BCUT2D eigenvalue weighted by Crippen LogP contribution is 2.26. The Labute approximate surface area is 182 Å². The minimum absolute atomic E-state index is 0.0332. The van der Waals surface area contributed by atoms with Crippen molar-refractivity contribution in [2.24, 2.45) is 0 Å². The van der Waals surface area contributed by atoms with Gasteiger partial charge in [0, 0.05) is 12.6 Å². The topological polar surface area (TPSA) is 72.9 Å². The molecule has 3 rings (SSSR count). The molecule has 30 heavy (non-hydrogen) atoms. The van der Waals surface area contributed by atoms with Crippen LogP contribution in [0.4, 0.5) is 0 Å². The maximum absolute atomic E-state index is 13.3. The molecule has 162 valence electrons. The average molecular weight is 452 g/mol. The van der Waals surface area contributed by atoms with Crippen LogP contribution in [0, 0.1) is 0 Å². The number of hydrogen-bond donors (Lipinski definition) is 0. The highest BCUT2D eigenvalue weighted by molar-refractivity contribution is 7.91. The molecule has 0 saturated carbocycles. The number of rotatable bonds is 8. The molecule has 2 aromatic carbocycles. The molecule has 0 N–H and O–H groups in total. The van der Waals surface area contributed by atoms with Crippen molar-refractivity contribution in [1.29, 1.82) is 0 Å². The fourth-order valence-electron chi connectivity index (χ4n) is 3.48. The van der Waals surface area contributed by atoms with Gasteiger partial charge in [0.25, 0.3) is 5.91 Å². The van der Waals surface area contributed by atoms with E-state index in [1.807, 2.05) is 31.2 Å². The third kappa shape index (κ3) is 5.67. The van der Waals surface area contributed by atoms with Crippen molar-refractivity contribution in [2.75, 3.05) is 18.1 Å². The van der Waals surface area contributed by atoms with Gasteiger partial charge in [-0.25, -0.2) is 8.42 Å². The van der Waals surface area contributed by atoms with Gasteiger partial charge in [-0.2, -0.15) is 0 Å². The van der Waals surface area contributed by atoms with E-state index in [-0.39, 0.29) is 23.5 Å². The normalized spacial score (nSPS) is 18.6. The molecular weight excluding hydrogens is 426 g/mol. The highest BCUT2D eigenvalue weighted by Gasteiger charge is 2.36. The molecule has 1 amide bonds. The Kier molecular flexibility index (Phi) is 7.26. The maximum atomic E-state index is 13.3. The van der Waals surface area contributed by atoms with Gasteiger partial charge in [0.15, 0.2) is 15.9 Å². The summed E-state index contributed by atoms with van der Waals surface area (Å²) in [6, 6.07) is 14.0. The lowest BCUT2D eigenvalue weighted by Gasteiger charge is -2.31. The summed E-state index contributed by atoms with van der Waals surface area (Å²) in [4.78, 5) is 14.9. The SMILES string of the molecule is CCOc1ccc(CN(C(=O)C(C)Oc2ccccc2Cl)C2CCS(=O)(=O)C2)cc1. The molecule has 2 atom stereocenters. The molecule has 0 spiro atoms. The molecule has 2 aromatic rings. The number of para-hydroxylation sites is 1. The second kappa shape index (κ2) is 9.71. The summed E-state index contributed by atoms with van der Waals surface area (Å²) in [7, 11) is -3.15. The van der Waals surface area contributed by atoms with E-state index in [1.54, 1.807) is 36.1 Å². The summed E-state index contributed by atoms with van der Waals surface area (Å²) < 4.78 is 35.3. The number of carbonyl (C=O) groups is 1. The van der Waals surface area contributed by atoms with Crippen molar-refractivity contribution in [2.45, 2.75) is 39.0 Å². The minimum Gasteiger partial charge on any atom is -0.494 e. The van der Waals surface area contributed by atoms with E-state index >= 15 is 0 Å². The van der Waals surface area contributed by atoms with Gasteiger partial charge >= 0.3 is 0 Å². The largest absolute Gasteiger partial charge is 0.494 e. The Bertz CT molecular complexity index is 977. The lowest BCUT2D eigenvalue weighted by atomic mass is 10.1. The van der Waals surface area contributed by atoms with Crippen molar-refractivity contribution < 1.29 is 22.7 Å². The quantitative estimate of drug-likeness (QED) is 0.611. The molecule has 1 aliphatic heterocycles. The van der Waals surface area contributed by atoms with Crippen LogP contribution in [-0.2, 0) is 21.2 Å². The number of amides is 1. The molecule has 2 unspecified atom stereocenters. The molecule has 0 bridgehead atoms. The Morgan fingerprint density at radius 2 is 1.90 bits per heavy atom. The maximum Gasteiger partial charge on any atom is 0.263 e. The summed E-state index contributed by atoms with van der Waals surface area (Å²) >= 11 is 6.15. The van der Waals surface area contributed by atoms with Crippen LogP contribution in [0.25, 0.3) is 0 Å². The second-order valence-corrected chi connectivity index (χ2v) is 9.93. The zero-order valence-corrected chi connectivity index (χ0v) is 18.7. The predicted molar refractivity (Wildman–Crippen MR) is 117 cm³/mol. The monoisotopic (exact) mass is 451 g/mol. The summed E-state index contributed by atoms with van der Waals surface area (Å²) in [5.74, 6) is 0.947. The molecule has 1 heterocycles. The van der Waals surface area contributed by atoms with Crippen molar-refractivity contribution in [3.05, 3.63) is 59.1 Å². The minimum atomic E-state index is -3.15. The van der Waals surface area contributed by atoms with Gasteiger partial charge in [0.05, 0.1) is 23.1 Å². The number of ether oxygens (including phenoxy) is 2. The van der Waals surface area contributed by atoms with Gasteiger partial charge in [-0.15, -0.1) is 0 Å². The van der Waals surface area contributed by atoms with E-state index in [2.05, 4.69) is 0 Å². The smallest absolute Gasteiger partial charge is 0.263 e. The van der Waals surface area contributed by atoms with Gasteiger partial charge in [-0.05, 0) is 50.1 Å². The van der Waals surface area contributed by atoms with Crippen molar-refractivity contribution in [1.82, 2.24) is 4.90 Å². The van der Waals surface area contributed by atoms with Crippen LogP contribution in [0.5, 0.6) is 11.5 Å². The van der Waals surface area contributed by atoms with Crippen LogP contribution in [-0.4, -0.2) is 49.5 Å². The first-order valence-corrected chi connectivity index (χ1v) is 12.1. The zero-order chi connectivity index (χ0) is 21.7. The number of hydrogen-bond acceptors (Lipinski definition) is 5. The molecule has 6 nitrogen and oxygen atoms in total. The number of sulfone groups is 1. The van der Waals surface area contributed by atoms with E-state index in [0.717, 1.165) is 11.3 Å². The first-order valence-electron chi connectivity index (χ1n) is 9.93. The summed E-state index contributed by atoms with van der Waals surface area (Å²) in [6.07, 6.45) is -0.389. The van der Waals surface area contributed by atoms with E-state index in [9.17, 15) is 13.2 Å². The van der Waals surface area contributed by atoms with E-state index in [0.29, 0.717) is 30.3 Å². The van der Waals surface area contributed by atoms with Gasteiger partial charge in [-0.1, -0.05) is 35.9 Å². The van der Waals surface area contributed by atoms with E-state index in [1.165, 1.54) is 0 Å². The number of carbonyl (C=O) groups excluding carboxylic acids is 1. The van der Waals surface area contributed by atoms with Crippen molar-refractivity contribution >= 4 is 27.3 Å². The lowest BCUT2D eigenvalue weighted by Crippen LogP contribution is -2.46. The van der Waals surface area contributed by atoms with Gasteiger partial charge in [-0.3, -0.25) is 4.79 Å². The molecule has 0 aliphatic carbocycles. The molecule has 1 fully saturated rings.